The zero-order chi connectivity index (χ0) is 16.5. The van der Waals surface area contributed by atoms with E-state index in [-0.39, 0.29) is 25.6 Å². The second-order valence-electron chi connectivity index (χ2n) is 6.09. The molecule has 2 N–H and O–H groups in total. The average molecular weight is 423 g/mol. The fourth-order valence-corrected chi connectivity index (χ4v) is 3.52. The standard InChI is InChI=1S/C18H28BrNO3.ClH/c1-22-17-11-14(16(19)12-18(17)23-10-9-21)13-20-15-7-5-3-2-4-6-8-15;/h11-12,15,20-21H,2-10,13H2,1H3;1H. The van der Waals surface area contributed by atoms with Gasteiger partial charge in [-0.3, -0.25) is 0 Å². The molecule has 138 valence electrons. The molecule has 1 aromatic rings. The van der Waals surface area contributed by atoms with Crippen molar-refractivity contribution in [3.8, 4) is 11.5 Å². The molecular formula is C18H29BrClNO3. The number of halogens is 2. The summed E-state index contributed by atoms with van der Waals surface area (Å²) >= 11 is 3.62. The summed E-state index contributed by atoms with van der Waals surface area (Å²) in [5, 5.41) is 12.6. The summed E-state index contributed by atoms with van der Waals surface area (Å²) in [7, 11) is 1.64. The highest BCUT2D eigenvalue weighted by Gasteiger charge is 2.14. The molecular weight excluding hydrogens is 394 g/mol. The van der Waals surface area contributed by atoms with Crippen LogP contribution in [0.15, 0.2) is 16.6 Å². The van der Waals surface area contributed by atoms with Crippen molar-refractivity contribution in [2.75, 3.05) is 20.3 Å². The second kappa shape index (κ2) is 12.0. The first-order valence-corrected chi connectivity index (χ1v) is 9.37. The van der Waals surface area contributed by atoms with Crippen molar-refractivity contribution in [3.63, 3.8) is 0 Å². The maximum absolute atomic E-state index is 8.90. The van der Waals surface area contributed by atoms with Crippen molar-refractivity contribution < 1.29 is 14.6 Å². The summed E-state index contributed by atoms with van der Waals surface area (Å²) in [5.74, 6) is 1.36. The number of hydrogen-bond acceptors (Lipinski definition) is 4. The van der Waals surface area contributed by atoms with Crippen LogP contribution in [0.5, 0.6) is 11.5 Å². The minimum absolute atomic E-state index is 0. The van der Waals surface area contributed by atoms with Gasteiger partial charge in [0.2, 0.25) is 0 Å². The third-order valence-corrected chi connectivity index (χ3v) is 5.11. The van der Waals surface area contributed by atoms with E-state index in [4.69, 9.17) is 14.6 Å². The van der Waals surface area contributed by atoms with E-state index in [9.17, 15) is 0 Å². The van der Waals surface area contributed by atoms with Gasteiger partial charge in [-0.05, 0) is 30.5 Å². The van der Waals surface area contributed by atoms with E-state index in [1.165, 1.54) is 50.5 Å². The topological polar surface area (TPSA) is 50.7 Å². The number of nitrogens with one attached hydrogen (secondary N) is 1. The largest absolute Gasteiger partial charge is 0.493 e. The number of hydrogen-bond donors (Lipinski definition) is 2. The molecule has 0 amide bonds. The quantitative estimate of drug-likeness (QED) is 0.681. The SMILES string of the molecule is COc1cc(CNC2CCCCCCC2)c(Br)cc1OCCO.Cl. The third kappa shape index (κ3) is 6.79. The number of aliphatic hydroxyl groups is 1. The monoisotopic (exact) mass is 421 g/mol. The number of ether oxygens (including phenoxy) is 2. The van der Waals surface area contributed by atoms with Gasteiger partial charge in [0.1, 0.15) is 6.61 Å². The molecule has 2 rings (SSSR count). The molecule has 0 unspecified atom stereocenters. The molecule has 0 aromatic heterocycles. The van der Waals surface area contributed by atoms with Gasteiger partial charge in [-0.25, -0.2) is 0 Å². The van der Waals surface area contributed by atoms with Crippen LogP contribution in [0.25, 0.3) is 0 Å². The highest BCUT2D eigenvalue weighted by molar-refractivity contribution is 9.10. The van der Waals surface area contributed by atoms with Crippen molar-refractivity contribution in [1.29, 1.82) is 0 Å². The maximum atomic E-state index is 8.90. The molecule has 6 heteroatoms. The van der Waals surface area contributed by atoms with E-state index in [1.807, 2.05) is 12.1 Å². The van der Waals surface area contributed by atoms with Crippen molar-refractivity contribution in [2.45, 2.75) is 57.5 Å². The number of benzene rings is 1. The van der Waals surface area contributed by atoms with Gasteiger partial charge in [-0.2, -0.15) is 0 Å². The van der Waals surface area contributed by atoms with Crippen molar-refractivity contribution in [3.05, 3.63) is 22.2 Å². The van der Waals surface area contributed by atoms with Crippen molar-refractivity contribution >= 4 is 28.3 Å². The van der Waals surface area contributed by atoms with Crippen LogP contribution in [0.3, 0.4) is 0 Å². The van der Waals surface area contributed by atoms with E-state index in [0.717, 1.165) is 11.0 Å². The lowest BCUT2D eigenvalue weighted by Gasteiger charge is -2.22. The normalized spacial score (nSPS) is 16.0. The molecule has 1 aliphatic carbocycles. The highest BCUT2D eigenvalue weighted by Crippen LogP contribution is 2.33. The van der Waals surface area contributed by atoms with Crippen LogP contribution in [-0.4, -0.2) is 31.5 Å². The van der Waals surface area contributed by atoms with Crippen LogP contribution < -0.4 is 14.8 Å². The Kier molecular flexibility index (Phi) is 10.7. The lowest BCUT2D eigenvalue weighted by Crippen LogP contribution is -2.29. The Morgan fingerprint density at radius 3 is 2.42 bits per heavy atom. The van der Waals surface area contributed by atoms with Crippen molar-refractivity contribution in [1.82, 2.24) is 5.32 Å². The van der Waals surface area contributed by atoms with Crippen LogP contribution in [0.2, 0.25) is 0 Å². The first-order valence-electron chi connectivity index (χ1n) is 8.58. The molecule has 24 heavy (non-hydrogen) atoms. The van der Waals surface area contributed by atoms with E-state index in [1.54, 1.807) is 7.11 Å². The summed E-state index contributed by atoms with van der Waals surface area (Å²) in [4.78, 5) is 0. The Balaban J connectivity index is 0.00000288. The minimum Gasteiger partial charge on any atom is -0.493 e. The maximum Gasteiger partial charge on any atom is 0.162 e. The summed E-state index contributed by atoms with van der Waals surface area (Å²) in [6, 6.07) is 4.54. The summed E-state index contributed by atoms with van der Waals surface area (Å²) in [6.45, 7) is 1.08. The van der Waals surface area contributed by atoms with Gasteiger partial charge in [-0.15, -0.1) is 12.4 Å². The predicted octanol–water partition coefficient (Wildman–Crippen LogP) is 4.45. The second-order valence-corrected chi connectivity index (χ2v) is 6.94. The molecule has 1 aliphatic rings. The van der Waals surface area contributed by atoms with Crippen LogP contribution in [0.1, 0.15) is 50.5 Å². The Morgan fingerprint density at radius 1 is 1.12 bits per heavy atom. The minimum atomic E-state index is -0.00817. The van der Waals surface area contributed by atoms with Gasteiger partial charge in [0, 0.05) is 17.1 Å². The number of aliphatic hydroxyl groups excluding tert-OH is 1. The molecule has 1 saturated carbocycles. The van der Waals surface area contributed by atoms with Gasteiger partial charge >= 0.3 is 0 Å². The van der Waals surface area contributed by atoms with E-state index < -0.39 is 0 Å². The molecule has 0 bridgehead atoms. The van der Waals surface area contributed by atoms with Crippen molar-refractivity contribution in [2.24, 2.45) is 0 Å². The molecule has 0 heterocycles. The first kappa shape index (κ1) is 21.6. The number of rotatable bonds is 7. The summed E-state index contributed by atoms with van der Waals surface area (Å²) < 4.78 is 11.9. The average Bonchev–Trinajstić information content (AvgIpc) is 2.53. The zero-order valence-corrected chi connectivity index (χ0v) is 16.8. The molecule has 0 aliphatic heterocycles. The predicted molar refractivity (Wildman–Crippen MR) is 103 cm³/mol. The number of methoxy groups -OCH3 is 1. The molecule has 0 spiro atoms. The third-order valence-electron chi connectivity index (χ3n) is 4.37. The lowest BCUT2D eigenvalue weighted by molar-refractivity contribution is 0.196. The van der Waals surface area contributed by atoms with Gasteiger partial charge < -0.3 is 19.9 Å². The van der Waals surface area contributed by atoms with Gasteiger partial charge in [0.05, 0.1) is 13.7 Å². The smallest absolute Gasteiger partial charge is 0.162 e. The molecule has 1 fully saturated rings. The van der Waals surface area contributed by atoms with Crippen LogP contribution in [-0.2, 0) is 6.54 Å². The molecule has 4 nitrogen and oxygen atoms in total. The molecule has 1 aromatic carbocycles. The lowest BCUT2D eigenvalue weighted by atomic mass is 9.96. The Hall–Kier alpha value is -0.490. The Labute approximate surface area is 159 Å². The van der Waals surface area contributed by atoms with Crippen LogP contribution in [0, 0.1) is 0 Å². The fourth-order valence-electron chi connectivity index (χ4n) is 3.06. The van der Waals surface area contributed by atoms with Gasteiger partial charge in [-0.1, -0.05) is 48.0 Å². The summed E-state index contributed by atoms with van der Waals surface area (Å²) in [6.07, 6.45) is 9.33. The van der Waals surface area contributed by atoms with E-state index in [0.29, 0.717) is 17.5 Å². The molecule has 0 saturated heterocycles. The van der Waals surface area contributed by atoms with Gasteiger partial charge in [0.15, 0.2) is 11.5 Å². The zero-order valence-electron chi connectivity index (χ0n) is 14.4. The van der Waals surface area contributed by atoms with E-state index >= 15 is 0 Å². The fraction of sp³-hybridized carbons (Fsp3) is 0.667. The Morgan fingerprint density at radius 2 is 1.79 bits per heavy atom. The van der Waals surface area contributed by atoms with Crippen LogP contribution in [0.4, 0.5) is 0 Å². The Bertz CT molecular complexity index is 480. The van der Waals surface area contributed by atoms with Gasteiger partial charge in [0.25, 0.3) is 0 Å². The highest BCUT2D eigenvalue weighted by atomic mass is 79.9. The summed E-state index contributed by atoms with van der Waals surface area (Å²) in [5.41, 5.74) is 1.17. The van der Waals surface area contributed by atoms with E-state index in [2.05, 4.69) is 21.2 Å². The molecule has 0 atom stereocenters. The molecule has 0 radical (unpaired) electrons. The van der Waals surface area contributed by atoms with Crippen LogP contribution >= 0.6 is 28.3 Å². The first-order chi connectivity index (χ1) is 11.2.